The minimum Gasteiger partial charge on any atom is -0.471 e. The van der Waals surface area contributed by atoms with E-state index in [4.69, 9.17) is 9.47 Å². The molecule has 0 aliphatic carbocycles. The van der Waals surface area contributed by atoms with Crippen LogP contribution < -0.4 is 20.7 Å². The first-order valence-electron chi connectivity index (χ1n) is 9.96. The molecule has 4 heterocycles. The predicted molar refractivity (Wildman–Crippen MR) is 113 cm³/mol. The summed E-state index contributed by atoms with van der Waals surface area (Å²) in [6.45, 7) is -0.341. The number of rotatable bonds is 8. The lowest BCUT2D eigenvalue weighted by Gasteiger charge is -2.18. The second kappa shape index (κ2) is 9.15. The largest absolute Gasteiger partial charge is 0.471 e. The number of nitrogens with zero attached hydrogens (tertiary/aromatic N) is 5. The maximum atomic E-state index is 14.0. The van der Waals surface area contributed by atoms with E-state index in [1.165, 1.54) is 23.9 Å². The Kier molecular flexibility index (Phi) is 6.24. The first kappa shape index (κ1) is 23.8. The Labute approximate surface area is 192 Å². The van der Waals surface area contributed by atoms with Crippen LogP contribution in [-0.2, 0) is 7.05 Å². The van der Waals surface area contributed by atoms with E-state index in [9.17, 15) is 27.2 Å². The Balaban J connectivity index is 1.70. The summed E-state index contributed by atoms with van der Waals surface area (Å²) in [7, 11) is 1.48. The average molecular weight is 495 g/mol. The highest BCUT2D eigenvalue weighted by molar-refractivity contribution is 5.84. The van der Waals surface area contributed by atoms with Gasteiger partial charge in [-0.1, -0.05) is 0 Å². The van der Waals surface area contributed by atoms with E-state index in [1.54, 1.807) is 0 Å². The van der Waals surface area contributed by atoms with Crippen molar-refractivity contribution in [2.45, 2.75) is 25.4 Å². The molecule has 0 aliphatic rings. The predicted octanol–water partition coefficient (Wildman–Crippen LogP) is 2.22. The first-order valence-corrected chi connectivity index (χ1v) is 9.96. The third-order valence-corrected chi connectivity index (χ3v) is 4.68. The zero-order valence-electron chi connectivity index (χ0n) is 18.1. The van der Waals surface area contributed by atoms with Gasteiger partial charge in [-0.05, 0) is 12.1 Å². The number of aromatic amines is 2. The van der Waals surface area contributed by atoms with Gasteiger partial charge in [-0.25, -0.2) is 32.0 Å². The maximum absolute atomic E-state index is 14.0. The number of aryl methyl sites for hydroxylation is 1. The van der Waals surface area contributed by atoms with Gasteiger partial charge in [-0.15, -0.1) is 15.3 Å². The van der Waals surface area contributed by atoms with E-state index < -0.39 is 36.3 Å². The van der Waals surface area contributed by atoms with Crippen molar-refractivity contribution in [1.82, 2.24) is 34.9 Å². The van der Waals surface area contributed by atoms with Gasteiger partial charge in [-0.3, -0.25) is 9.78 Å². The summed E-state index contributed by atoms with van der Waals surface area (Å²) in [4.78, 5) is 31.5. The Hall–Kier alpha value is -4.30. The van der Waals surface area contributed by atoms with E-state index in [-0.39, 0.29) is 39.6 Å². The van der Waals surface area contributed by atoms with Crippen molar-refractivity contribution < 1.29 is 27.0 Å². The number of fused-ring (bicyclic) bond motifs is 1. The Morgan fingerprint density at radius 2 is 1.97 bits per heavy atom. The summed E-state index contributed by atoms with van der Waals surface area (Å²) in [5.41, 5.74) is -1.38. The highest BCUT2D eigenvalue weighted by Crippen LogP contribution is 2.33. The van der Waals surface area contributed by atoms with Crippen molar-refractivity contribution in [3.63, 3.8) is 0 Å². The lowest BCUT2D eigenvalue weighted by molar-refractivity contribution is -0.0245. The minimum absolute atomic E-state index is 0.0251. The van der Waals surface area contributed by atoms with Gasteiger partial charge in [0.1, 0.15) is 5.69 Å². The SMILES string of the molecule is Cn1nc(O[C@H](c2ccnc(OCC(C)(F)F)c2)C(F)F)c2cc(-c3c[nH]c(=O)[nH]c3=O)nnc21. The number of hydrogen-bond acceptors (Lipinski definition) is 8. The number of aromatic nitrogens is 7. The molecule has 1 atom stereocenters. The lowest BCUT2D eigenvalue weighted by atomic mass is 10.1. The zero-order chi connectivity index (χ0) is 25.3. The van der Waals surface area contributed by atoms with Crippen molar-refractivity contribution in [2.75, 3.05) is 6.61 Å². The van der Waals surface area contributed by atoms with E-state index in [2.05, 4.69) is 25.3 Å². The van der Waals surface area contributed by atoms with Gasteiger partial charge >= 0.3 is 5.69 Å². The quantitative estimate of drug-likeness (QED) is 0.355. The molecule has 2 N–H and O–H groups in total. The van der Waals surface area contributed by atoms with Crippen LogP contribution in [0.2, 0.25) is 0 Å². The van der Waals surface area contributed by atoms with Crippen LogP contribution in [0.3, 0.4) is 0 Å². The van der Waals surface area contributed by atoms with Crippen LogP contribution in [0.5, 0.6) is 11.8 Å². The van der Waals surface area contributed by atoms with E-state index in [0.717, 1.165) is 18.5 Å². The Morgan fingerprint density at radius 3 is 2.66 bits per heavy atom. The number of H-pyrrole nitrogens is 2. The fourth-order valence-corrected chi connectivity index (χ4v) is 3.10. The molecular formula is C20H17F4N7O4. The fraction of sp³-hybridized carbons (Fsp3) is 0.300. The summed E-state index contributed by atoms with van der Waals surface area (Å²) in [6.07, 6.45) is -2.66. The molecule has 11 nitrogen and oxygen atoms in total. The summed E-state index contributed by atoms with van der Waals surface area (Å²) in [5.74, 6) is -3.67. The molecule has 0 aromatic carbocycles. The standard InChI is InChI=1S/C20H17F4N7O4/c1-20(23,24)8-34-13-5-9(3-4-25-13)14(15(21)22)35-18-10-6-12(28-29-16(10)31(2)30-18)11-7-26-19(33)27-17(11)32/h3-7,14-15H,8H2,1-2H3,(H2,26,27,32,33)/t14-/m1/s1. The zero-order valence-corrected chi connectivity index (χ0v) is 18.1. The molecule has 4 aromatic heterocycles. The smallest absolute Gasteiger partial charge is 0.325 e. The van der Waals surface area contributed by atoms with E-state index in [1.807, 2.05) is 4.98 Å². The van der Waals surface area contributed by atoms with Crippen LogP contribution in [0.4, 0.5) is 17.6 Å². The number of hydrogen-bond donors (Lipinski definition) is 2. The highest BCUT2D eigenvalue weighted by atomic mass is 19.3. The number of halogens is 4. The molecule has 0 amide bonds. The van der Waals surface area contributed by atoms with Gasteiger partial charge in [0.15, 0.2) is 18.4 Å². The summed E-state index contributed by atoms with van der Waals surface area (Å²) in [6, 6.07) is 3.64. The molecule has 184 valence electrons. The molecule has 0 aliphatic heterocycles. The van der Waals surface area contributed by atoms with Gasteiger partial charge in [0.05, 0.1) is 10.9 Å². The maximum Gasteiger partial charge on any atom is 0.325 e. The van der Waals surface area contributed by atoms with Gasteiger partial charge in [0, 0.05) is 38.0 Å². The molecule has 4 rings (SSSR count). The summed E-state index contributed by atoms with van der Waals surface area (Å²) >= 11 is 0. The van der Waals surface area contributed by atoms with E-state index >= 15 is 0 Å². The average Bonchev–Trinajstić information content (AvgIpc) is 3.10. The van der Waals surface area contributed by atoms with Crippen molar-refractivity contribution in [3.8, 4) is 23.0 Å². The number of ether oxygens (including phenoxy) is 2. The monoisotopic (exact) mass is 495 g/mol. The molecular weight excluding hydrogens is 478 g/mol. The molecule has 0 saturated heterocycles. The van der Waals surface area contributed by atoms with Gasteiger partial charge in [0.2, 0.25) is 11.8 Å². The molecule has 15 heteroatoms. The Bertz CT molecular complexity index is 1480. The minimum atomic E-state index is -3.14. The van der Waals surface area contributed by atoms with Crippen LogP contribution in [0.15, 0.2) is 40.2 Å². The number of nitrogens with one attached hydrogen (secondary N) is 2. The van der Waals surface area contributed by atoms with Crippen molar-refractivity contribution in [1.29, 1.82) is 0 Å². The molecule has 0 unspecified atom stereocenters. The van der Waals surface area contributed by atoms with Crippen molar-refractivity contribution in [3.05, 3.63) is 57.0 Å². The number of pyridine rings is 1. The van der Waals surface area contributed by atoms with Crippen LogP contribution in [-0.4, -0.2) is 53.9 Å². The summed E-state index contributed by atoms with van der Waals surface area (Å²) < 4.78 is 65.7. The van der Waals surface area contributed by atoms with Crippen molar-refractivity contribution in [2.24, 2.45) is 7.05 Å². The Morgan fingerprint density at radius 1 is 1.20 bits per heavy atom. The van der Waals surface area contributed by atoms with Gasteiger partial charge in [-0.2, -0.15) is 0 Å². The molecule has 0 radical (unpaired) electrons. The molecule has 35 heavy (non-hydrogen) atoms. The second-order valence-corrected chi connectivity index (χ2v) is 7.54. The summed E-state index contributed by atoms with van der Waals surface area (Å²) in [5, 5.41) is 12.1. The molecule has 4 aromatic rings. The van der Waals surface area contributed by atoms with Crippen LogP contribution in [0.25, 0.3) is 22.3 Å². The van der Waals surface area contributed by atoms with Crippen LogP contribution in [0.1, 0.15) is 18.6 Å². The molecule has 0 spiro atoms. The van der Waals surface area contributed by atoms with Crippen LogP contribution in [0, 0.1) is 0 Å². The van der Waals surface area contributed by atoms with Gasteiger partial charge in [0.25, 0.3) is 17.9 Å². The topological polar surface area (TPSA) is 141 Å². The first-order chi connectivity index (χ1) is 16.5. The third-order valence-electron chi connectivity index (χ3n) is 4.68. The third kappa shape index (κ3) is 5.28. The van der Waals surface area contributed by atoms with Crippen molar-refractivity contribution >= 4 is 11.0 Å². The second-order valence-electron chi connectivity index (χ2n) is 7.54. The highest BCUT2D eigenvalue weighted by Gasteiger charge is 2.29. The molecule has 0 saturated carbocycles. The fourth-order valence-electron chi connectivity index (χ4n) is 3.10. The van der Waals surface area contributed by atoms with Crippen LogP contribution >= 0.6 is 0 Å². The molecule has 0 fully saturated rings. The van der Waals surface area contributed by atoms with Gasteiger partial charge < -0.3 is 14.5 Å². The number of alkyl halides is 4. The molecule has 0 bridgehead atoms. The normalized spacial score (nSPS) is 12.8. The van der Waals surface area contributed by atoms with E-state index in [0.29, 0.717) is 6.92 Å². The lowest BCUT2D eigenvalue weighted by Crippen LogP contribution is -2.22.